The van der Waals surface area contributed by atoms with E-state index in [1.807, 2.05) is 6.08 Å². The Kier molecular flexibility index (Phi) is 11.8. The van der Waals surface area contributed by atoms with Gasteiger partial charge >= 0.3 is 0 Å². The molecule has 0 N–H and O–H groups in total. The lowest BCUT2D eigenvalue weighted by molar-refractivity contribution is 0.851. The standard InChI is InChI=1S/C18H29Cl/c1-5-6-12-18(14-15-19)13-8-11-17(4)10-7-9-16(2)3/h5,9,11,14H,1,6-8,10,12-13,15H2,2-4H3. The first-order valence-corrected chi connectivity index (χ1v) is 7.77. The van der Waals surface area contributed by atoms with Crippen molar-refractivity contribution in [3.05, 3.63) is 47.6 Å². The smallest absolute Gasteiger partial charge is 0.0406 e. The number of hydrogen-bond acceptors (Lipinski definition) is 0. The first kappa shape index (κ1) is 18.2. The van der Waals surface area contributed by atoms with Crippen LogP contribution in [0.25, 0.3) is 0 Å². The van der Waals surface area contributed by atoms with Gasteiger partial charge in [0.05, 0.1) is 0 Å². The number of hydrogen-bond donors (Lipinski definition) is 0. The van der Waals surface area contributed by atoms with Crippen LogP contribution in [0.5, 0.6) is 0 Å². The maximum atomic E-state index is 5.79. The fraction of sp³-hybridized carbons (Fsp3) is 0.556. The molecule has 0 atom stereocenters. The van der Waals surface area contributed by atoms with Gasteiger partial charge in [0.1, 0.15) is 0 Å². The largest absolute Gasteiger partial charge is 0.122 e. The van der Waals surface area contributed by atoms with E-state index in [2.05, 4.69) is 45.6 Å². The van der Waals surface area contributed by atoms with E-state index in [1.54, 1.807) is 0 Å². The molecule has 0 nitrogen and oxygen atoms in total. The highest BCUT2D eigenvalue weighted by atomic mass is 35.5. The molecule has 108 valence electrons. The number of alkyl halides is 1. The van der Waals surface area contributed by atoms with Gasteiger partial charge in [0.2, 0.25) is 0 Å². The summed E-state index contributed by atoms with van der Waals surface area (Å²) in [6.45, 7) is 10.3. The molecule has 0 amide bonds. The normalized spacial score (nSPS) is 12.4. The molecule has 0 saturated heterocycles. The maximum absolute atomic E-state index is 5.79. The van der Waals surface area contributed by atoms with Gasteiger partial charge in [-0.25, -0.2) is 0 Å². The van der Waals surface area contributed by atoms with Gasteiger partial charge in [-0.2, -0.15) is 0 Å². The van der Waals surface area contributed by atoms with Crippen molar-refractivity contribution in [3.8, 4) is 0 Å². The molecule has 0 saturated carbocycles. The predicted octanol–water partition coefficient (Wildman–Crippen LogP) is 6.59. The molecule has 0 aromatic heterocycles. The van der Waals surface area contributed by atoms with E-state index >= 15 is 0 Å². The van der Waals surface area contributed by atoms with E-state index in [9.17, 15) is 0 Å². The van der Waals surface area contributed by atoms with Gasteiger partial charge in [0, 0.05) is 5.88 Å². The maximum Gasteiger partial charge on any atom is 0.0406 e. The Morgan fingerprint density at radius 3 is 2.11 bits per heavy atom. The van der Waals surface area contributed by atoms with Crippen LogP contribution in [-0.2, 0) is 0 Å². The van der Waals surface area contributed by atoms with Crippen LogP contribution in [0.4, 0.5) is 0 Å². The number of rotatable bonds is 10. The van der Waals surface area contributed by atoms with Crippen molar-refractivity contribution in [3.63, 3.8) is 0 Å². The molecule has 0 bridgehead atoms. The van der Waals surface area contributed by atoms with Gasteiger partial charge < -0.3 is 0 Å². The highest BCUT2D eigenvalue weighted by molar-refractivity contribution is 6.18. The molecule has 0 spiro atoms. The van der Waals surface area contributed by atoms with Crippen LogP contribution in [0.15, 0.2) is 47.6 Å². The van der Waals surface area contributed by atoms with Gasteiger partial charge in [0.25, 0.3) is 0 Å². The van der Waals surface area contributed by atoms with E-state index < -0.39 is 0 Å². The molecular formula is C18H29Cl. The highest BCUT2D eigenvalue weighted by Crippen LogP contribution is 2.15. The quantitative estimate of drug-likeness (QED) is 0.313. The van der Waals surface area contributed by atoms with E-state index in [4.69, 9.17) is 11.6 Å². The van der Waals surface area contributed by atoms with E-state index in [-0.39, 0.29) is 0 Å². The molecule has 0 aromatic carbocycles. The summed E-state index contributed by atoms with van der Waals surface area (Å²) in [4.78, 5) is 0. The van der Waals surface area contributed by atoms with Crippen LogP contribution in [0.2, 0.25) is 0 Å². The Balaban J connectivity index is 4.04. The van der Waals surface area contributed by atoms with Gasteiger partial charge in [-0.15, -0.1) is 18.2 Å². The minimum Gasteiger partial charge on any atom is -0.122 e. The Bertz CT molecular complexity index is 328. The first-order valence-electron chi connectivity index (χ1n) is 7.24. The van der Waals surface area contributed by atoms with Crippen LogP contribution < -0.4 is 0 Å². The second kappa shape index (κ2) is 12.3. The zero-order valence-electron chi connectivity index (χ0n) is 12.8. The topological polar surface area (TPSA) is 0 Å². The molecule has 0 heterocycles. The summed E-state index contributed by atoms with van der Waals surface area (Å²) in [5, 5.41) is 0. The van der Waals surface area contributed by atoms with Crippen molar-refractivity contribution in [1.29, 1.82) is 0 Å². The van der Waals surface area contributed by atoms with Crippen LogP contribution in [0, 0.1) is 0 Å². The van der Waals surface area contributed by atoms with Crippen molar-refractivity contribution in [2.24, 2.45) is 0 Å². The summed E-state index contributed by atoms with van der Waals surface area (Å²) in [6, 6.07) is 0. The molecule has 0 aliphatic rings. The van der Waals surface area contributed by atoms with E-state index in [0.29, 0.717) is 5.88 Å². The lowest BCUT2D eigenvalue weighted by atomic mass is 10.0. The van der Waals surface area contributed by atoms with Gasteiger partial charge in [0.15, 0.2) is 0 Å². The van der Waals surface area contributed by atoms with E-state index in [0.717, 1.165) is 32.1 Å². The monoisotopic (exact) mass is 280 g/mol. The Labute approximate surface area is 124 Å². The highest BCUT2D eigenvalue weighted by Gasteiger charge is 1.96. The summed E-state index contributed by atoms with van der Waals surface area (Å²) in [6.07, 6.45) is 15.5. The summed E-state index contributed by atoms with van der Waals surface area (Å²) >= 11 is 5.79. The third kappa shape index (κ3) is 12.0. The average Bonchev–Trinajstić information content (AvgIpc) is 2.35. The number of allylic oxidation sites excluding steroid dienone is 7. The van der Waals surface area contributed by atoms with Crippen molar-refractivity contribution in [2.75, 3.05) is 5.88 Å². The zero-order chi connectivity index (χ0) is 14.5. The molecule has 19 heavy (non-hydrogen) atoms. The summed E-state index contributed by atoms with van der Waals surface area (Å²) < 4.78 is 0. The Hall–Kier alpha value is -0.750. The van der Waals surface area contributed by atoms with Gasteiger partial charge in [-0.1, -0.05) is 41.0 Å². The first-order chi connectivity index (χ1) is 9.10. The van der Waals surface area contributed by atoms with Gasteiger partial charge in [-0.05, 0) is 59.3 Å². The van der Waals surface area contributed by atoms with Crippen molar-refractivity contribution < 1.29 is 0 Å². The second-order valence-corrected chi connectivity index (χ2v) is 5.56. The molecule has 0 radical (unpaired) electrons. The van der Waals surface area contributed by atoms with Crippen LogP contribution in [0.3, 0.4) is 0 Å². The average molecular weight is 281 g/mol. The Morgan fingerprint density at radius 2 is 1.53 bits per heavy atom. The predicted molar refractivity (Wildman–Crippen MR) is 89.9 cm³/mol. The minimum absolute atomic E-state index is 0.621. The third-order valence-electron chi connectivity index (χ3n) is 3.08. The van der Waals surface area contributed by atoms with Crippen molar-refractivity contribution >= 4 is 11.6 Å². The van der Waals surface area contributed by atoms with Crippen molar-refractivity contribution in [2.45, 2.75) is 59.3 Å². The SMILES string of the molecule is C=CCCC(=CCCl)CCC=C(C)CCC=C(C)C. The second-order valence-electron chi connectivity index (χ2n) is 5.25. The summed E-state index contributed by atoms with van der Waals surface area (Å²) in [5.74, 6) is 0.621. The number of halogens is 1. The third-order valence-corrected chi connectivity index (χ3v) is 3.24. The molecule has 0 aliphatic carbocycles. The lowest BCUT2D eigenvalue weighted by Gasteiger charge is -2.05. The molecule has 0 rings (SSSR count). The Morgan fingerprint density at radius 1 is 0.895 bits per heavy atom. The van der Waals surface area contributed by atoms with Crippen LogP contribution >= 0.6 is 11.6 Å². The van der Waals surface area contributed by atoms with E-state index in [1.165, 1.54) is 23.1 Å². The molecule has 0 aromatic rings. The van der Waals surface area contributed by atoms with Crippen molar-refractivity contribution in [1.82, 2.24) is 0 Å². The fourth-order valence-corrected chi connectivity index (χ4v) is 2.14. The molecule has 0 aliphatic heterocycles. The zero-order valence-corrected chi connectivity index (χ0v) is 13.6. The molecule has 0 fully saturated rings. The minimum atomic E-state index is 0.621. The summed E-state index contributed by atoms with van der Waals surface area (Å²) in [7, 11) is 0. The van der Waals surface area contributed by atoms with Gasteiger partial charge in [-0.3, -0.25) is 0 Å². The fourth-order valence-electron chi connectivity index (χ4n) is 1.92. The van der Waals surface area contributed by atoms with Crippen LogP contribution in [0.1, 0.15) is 59.3 Å². The van der Waals surface area contributed by atoms with Crippen LogP contribution in [-0.4, -0.2) is 5.88 Å². The summed E-state index contributed by atoms with van der Waals surface area (Å²) in [5.41, 5.74) is 4.36. The molecule has 1 heteroatoms. The lowest BCUT2D eigenvalue weighted by Crippen LogP contribution is -1.86. The molecular weight excluding hydrogens is 252 g/mol. The molecule has 0 unspecified atom stereocenters.